The van der Waals surface area contributed by atoms with Gasteiger partial charge in [-0.05, 0) is 31.7 Å². The van der Waals surface area contributed by atoms with Crippen LogP contribution < -0.4 is 4.74 Å². The van der Waals surface area contributed by atoms with Gasteiger partial charge in [0.05, 0.1) is 19.3 Å². The number of para-hydroxylation sites is 1. The van der Waals surface area contributed by atoms with Crippen LogP contribution in [0.15, 0.2) is 24.3 Å². The first-order chi connectivity index (χ1) is 8.40. The highest BCUT2D eigenvalue weighted by Crippen LogP contribution is 2.20. The fraction of sp³-hybridized carbons (Fsp3) is 0.571. The van der Waals surface area contributed by atoms with E-state index in [0.717, 1.165) is 30.8 Å². The van der Waals surface area contributed by atoms with Gasteiger partial charge in [0.1, 0.15) is 5.75 Å². The summed E-state index contributed by atoms with van der Waals surface area (Å²) in [5, 5.41) is 9.15. The van der Waals surface area contributed by atoms with Crippen LogP contribution in [0.2, 0.25) is 0 Å². The van der Waals surface area contributed by atoms with E-state index in [4.69, 9.17) is 14.6 Å². The number of hydrogen-bond donors (Lipinski definition) is 1. The molecule has 3 heteroatoms. The molecule has 0 aromatic heterocycles. The van der Waals surface area contributed by atoms with E-state index < -0.39 is 0 Å². The molecule has 0 amide bonds. The number of ether oxygens (including phenoxy) is 2. The molecule has 1 atom stereocenters. The smallest absolute Gasteiger partial charge is 0.124 e. The van der Waals surface area contributed by atoms with Gasteiger partial charge in [0.25, 0.3) is 0 Å². The summed E-state index contributed by atoms with van der Waals surface area (Å²) in [4.78, 5) is 0. The Kier molecular flexibility index (Phi) is 4.83. The highest BCUT2D eigenvalue weighted by molar-refractivity contribution is 5.32. The lowest BCUT2D eigenvalue weighted by atomic mass is 10.1. The van der Waals surface area contributed by atoms with E-state index in [2.05, 4.69) is 0 Å². The predicted molar refractivity (Wildman–Crippen MR) is 66.1 cm³/mol. The molecule has 1 aromatic rings. The van der Waals surface area contributed by atoms with E-state index >= 15 is 0 Å². The molecule has 1 saturated heterocycles. The SMILES string of the molecule is OCc1ccccc1OCCCC1CCCO1. The van der Waals surface area contributed by atoms with Crippen molar-refractivity contribution >= 4 is 0 Å². The zero-order chi connectivity index (χ0) is 11.9. The Morgan fingerprint density at radius 1 is 1.35 bits per heavy atom. The Morgan fingerprint density at radius 2 is 2.24 bits per heavy atom. The van der Waals surface area contributed by atoms with Gasteiger partial charge in [-0.15, -0.1) is 0 Å². The highest BCUT2D eigenvalue weighted by Gasteiger charge is 2.14. The maximum Gasteiger partial charge on any atom is 0.124 e. The number of rotatable bonds is 6. The van der Waals surface area contributed by atoms with Crippen LogP contribution in [0.4, 0.5) is 0 Å². The Hall–Kier alpha value is -1.06. The fourth-order valence-corrected chi connectivity index (χ4v) is 2.14. The van der Waals surface area contributed by atoms with Gasteiger partial charge >= 0.3 is 0 Å². The van der Waals surface area contributed by atoms with Crippen LogP contribution in [0.25, 0.3) is 0 Å². The Labute approximate surface area is 102 Å². The molecule has 3 nitrogen and oxygen atoms in total. The van der Waals surface area contributed by atoms with Gasteiger partial charge in [-0.2, -0.15) is 0 Å². The van der Waals surface area contributed by atoms with Crippen LogP contribution in [0, 0.1) is 0 Å². The second kappa shape index (κ2) is 6.62. The van der Waals surface area contributed by atoms with Crippen LogP contribution in [-0.4, -0.2) is 24.4 Å². The minimum absolute atomic E-state index is 0.0297. The third-order valence-electron chi connectivity index (χ3n) is 3.09. The average molecular weight is 236 g/mol. The number of aliphatic hydroxyl groups is 1. The Balaban J connectivity index is 1.70. The molecule has 0 radical (unpaired) electrons. The zero-order valence-corrected chi connectivity index (χ0v) is 10.1. The number of hydrogen-bond acceptors (Lipinski definition) is 3. The number of benzene rings is 1. The minimum atomic E-state index is 0.0297. The van der Waals surface area contributed by atoms with Crippen molar-refractivity contribution in [2.75, 3.05) is 13.2 Å². The summed E-state index contributed by atoms with van der Waals surface area (Å²) in [6.07, 6.45) is 4.89. The quantitative estimate of drug-likeness (QED) is 0.771. The van der Waals surface area contributed by atoms with Gasteiger partial charge in [-0.1, -0.05) is 18.2 Å². The molecule has 1 N–H and O–H groups in total. The van der Waals surface area contributed by atoms with Crippen molar-refractivity contribution < 1.29 is 14.6 Å². The maximum absolute atomic E-state index is 9.15. The van der Waals surface area contributed by atoms with Gasteiger partial charge in [0.15, 0.2) is 0 Å². The second-order valence-electron chi connectivity index (χ2n) is 4.39. The molecule has 0 bridgehead atoms. The van der Waals surface area contributed by atoms with E-state index in [-0.39, 0.29) is 6.61 Å². The van der Waals surface area contributed by atoms with E-state index in [1.54, 1.807) is 0 Å². The molecule has 2 rings (SSSR count). The van der Waals surface area contributed by atoms with E-state index in [0.29, 0.717) is 12.7 Å². The lowest BCUT2D eigenvalue weighted by molar-refractivity contribution is 0.0980. The molecule has 1 aromatic carbocycles. The molecule has 1 aliphatic heterocycles. The van der Waals surface area contributed by atoms with Gasteiger partial charge in [0.2, 0.25) is 0 Å². The molecule has 0 aliphatic carbocycles. The lowest BCUT2D eigenvalue weighted by Crippen LogP contribution is -2.08. The normalized spacial score (nSPS) is 19.5. The monoisotopic (exact) mass is 236 g/mol. The molecular weight excluding hydrogens is 216 g/mol. The average Bonchev–Trinajstić information content (AvgIpc) is 2.88. The van der Waals surface area contributed by atoms with Gasteiger partial charge in [-0.25, -0.2) is 0 Å². The van der Waals surface area contributed by atoms with Crippen molar-refractivity contribution in [1.29, 1.82) is 0 Å². The molecule has 0 spiro atoms. The van der Waals surface area contributed by atoms with Crippen molar-refractivity contribution in [2.24, 2.45) is 0 Å². The van der Waals surface area contributed by atoms with E-state index in [1.807, 2.05) is 24.3 Å². The zero-order valence-electron chi connectivity index (χ0n) is 10.1. The molecule has 1 fully saturated rings. The molecule has 94 valence electrons. The molecular formula is C14H20O3. The summed E-state index contributed by atoms with van der Waals surface area (Å²) in [6, 6.07) is 7.62. The third-order valence-corrected chi connectivity index (χ3v) is 3.09. The summed E-state index contributed by atoms with van der Waals surface area (Å²) < 4.78 is 11.2. The first-order valence-electron chi connectivity index (χ1n) is 6.33. The van der Waals surface area contributed by atoms with Gasteiger partial charge in [-0.3, -0.25) is 0 Å². The van der Waals surface area contributed by atoms with Gasteiger partial charge < -0.3 is 14.6 Å². The summed E-state index contributed by atoms with van der Waals surface area (Å²) in [5.74, 6) is 0.794. The molecule has 1 aliphatic rings. The highest BCUT2D eigenvalue weighted by atomic mass is 16.5. The maximum atomic E-state index is 9.15. The van der Waals surface area contributed by atoms with E-state index in [1.165, 1.54) is 12.8 Å². The van der Waals surface area contributed by atoms with Crippen molar-refractivity contribution in [1.82, 2.24) is 0 Å². The standard InChI is InChI=1S/C14H20O3/c15-11-12-5-1-2-8-14(12)17-10-4-7-13-6-3-9-16-13/h1-2,5,8,13,15H,3-4,6-7,9-11H2. The largest absolute Gasteiger partial charge is 0.493 e. The van der Waals surface area contributed by atoms with Crippen molar-refractivity contribution in [3.05, 3.63) is 29.8 Å². The Morgan fingerprint density at radius 3 is 3.00 bits per heavy atom. The molecule has 1 heterocycles. The first kappa shape index (κ1) is 12.4. The topological polar surface area (TPSA) is 38.7 Å². The molecule has 1 unspecified atom stereocenters. The van der Waals surface area contributed by atoms with Crippen molar-refractivity contribution in [2.45, 2.75) is 38.4 Å². The summed E-state index contributed by atoms with van der Waals surface area (Å²) >= 11 is 0. The molecule has 17 heavy (non-hydrogen) atoms. The first-order valence-corrected chi connectivity index (χ1v) is 6.33. The van der Waals surface area contributed by atoms with Crippen LogP contribution in [0.3, 0.4) is 0 Å². The molecule has 0 saturated carbocycles. The summed E-state index contributed by atoms with van der Waals surface area (Å²) in [7, 11) is 0. The van der Waals surface area contributed by atoms with Crippen molar-refractivity contribution in [3.8, 4) is 5.75 Å². The fourth-order valence-electron chi connectivity index (χ4n) is 2.14. The number of aliphatic hydroxyl groups excluding tert-OH is 1. The van der Waals surface area contributed by atoms with Crippen LogP contribution in [0.1, 0.15) is 31.2 Å². The van der Waals surface area contributed by atoms with E-state index in [9.17, 15) is 0 Å². The Bertz CT molecular complexity index is 332. The van der Waals surface area contributed by atoms with Crippen LogP contribution in [-0.2, 0) is 11.3 Å². The van der Waals surface area contributed by atoms with Crippen molar-refractivity contribution in [3.63, 3.8) is 0 Å². The van der Waals surface area contributed by atoms with Crippen LogP contribution in [0.5, 0.6) is 5.75 Å². The lowest BCUT2D eigenvalue weighted by Gasteiger charge is -2.11. The summed E-state index contributed by atoms with van der Waals surface area (Å²) in [5.41, 5.74) is 0.851. The van der Waals surface area contributed by atoms with Crippen LogP contribution >= 0.6 is 0 Å². The minimum Gasteiger partial charge on any atom is -0.493 e. The summed E-state index contributed by atoms with van der Waals surface area (Å²) in [6.45, 7) is 1.64. The van der Waals surface area contributed by atoms with Gasteiger partial charge in [0, 0.05) is 12.2 Å². The second-order valence-corrected chi connectivity index (χ2v) is 4.39. The predicted octanol–water partition coefficient (Wildman–Crippen LogP) is 2.52. The third kappa shape index (κ3) is 3.72.